The van der Waals surface area contributed by atoms with E-state index >= 15 is 0 Å². The molecule has 0 fully saturated rings. The van der Waals surface area contributed by atoms with Gasteiger partial charge in [0.05, 0.1) is 10.6 Å². The molecule has 3 nitrogen and oxygen atoms in total. The average molecular weight is 288 g/mol. The zero-order chi connectivity index (χ0) is 10.8. The van der Waals surface area contributed by atoms with Crippen molar-refractivity contribution in [1.82, 2.24) is 10.2 Å². The lowest BCUT2D eigenvalue weighted by Gasteiger charge is -1.98. The lowest BCUT2D eigenvalue weighted by atomic mass is 10.2. The molecule has 0 unspecified atom stereocenters. The Morgan fingerprint density at radius 3 is 2.87 bits per heavy atom. The zero-order valence-electron chi connectivity index (χ0n) is 8.00. The number of aryl methyl sites for hydroxylation is 1. The third-order valence-corrected chi connectivity index (χ3v) is 2.75. The van der Waals surface area contributed by atoms with Gasteiger partial charge in [-0.15, -0.1) is 10.2 Å². The maximum atomic E-state index is 6.03. The van der Waals surface area contributed by atoms with Crippen molar-refractivity contribution < 1.29 is 4.42 Å². The van der Waals surface area contributed by atoms with Crippen LogP contribution in [0, 0.1) is 0 Å². The zero-order valence-corrected chi connectivity index (χ0v) is 10.3. The summed E-state index contributed by atoms with van der Waals surface area (Å²) in [6.45, 7) is 1.96. The molecular weight excluding hydrogens is 279 g/mol. The second-order valence-corrected chi connectivity index (χ2v) is 4.30. The van der Waals surface area contributed by atoms with E-state index in [0.717, 1.165) is 16.5 Å². The van der Waals surface area contributed by atoms with Crippen molar-refractivity contribution in [1.29, 1.82) is 0 Å². The molecule has 0 aliphatic rings. The Labute approximate surface area is 101 Å². The molecule has 0 aliphatic carbocycles. The van der Waals surface area contributed by atoms with Crippen LogP contribution in [-0.4, -0.2) is 10.2 Å². The minimum Gasteiger partial charge on any atom is -0.421 e. The van der Waals surface area contributed by atoms with Crippen LogP contribution in [0.15, 0.2) is 27.1 Å². The SMILES string of the molecule is CCc1nnc(-c2cc(Br)ccc2Cl)o1. The van der Waals surface area contributed by atoms with E-state index in [0.29, 0.717) is 16.8 Å². The van der Waals surface area contributed by atoms with Gasteiger partial charge in [-0.1, -0.05) is 34.5 Å². The first-order valence-corrected chi connectivity index (χ1v) is 5.65. The molecule has 0 bridgehead atoms. The topological polar surface area (TPSA) is 38.9 Å². The standard InChI is InChI=1S/C10H8BrClN2O/c1-2-9-13-14-10(15-9)7-5-6(11)3-4-8(7)12/h3-5H,2H2,1H3. The van der Waals surface area contributed by atoms with Gasteiger partial charge in [0.2, 0.25) is 11.8 Å². The van der Waals surface area contributed by atoms with E-state index in [1.807, 2.05) is 19.1 Å². The molecule has 0 N–H and O–H groups in total. The number of benzene rings is 1. The summed E-state index contributed by atoms with van der Waals surface area (Å²) in [5.41, 5.74) is 0.748. The molecule has 5 heteroatoms. The largest absolute Gasteiger partial charge is 0.421 e. The first kappa shape index (κ1) is 10.6. The quantitative estimate of drug-likeness (QED) is 0.845. The molecule has 0 saturated carbocycles. The third-order valence-electron chi connectivity index (χ3n) is 1.93. The van der Waals surface area contributed by atoms with E-state index in [1.54, 1.807) is 6.07 Å². The van der Waals surface area contributed by atoms with Gasteiger partial charge in [-0.2, -0.15) is 0 Å². The van der Waals surface area contributed by atoms with Gasteiger partial charge in [-0.25, -0.2) is 0 Å². The number of nitrogens with zero attached hydrogens (tertiary/aromatic N) is 2. The molecule has 0 spiro atoms. The molecule has 78 valence electrons. The van der Waals surface area contributed by atoms with Crippen molar-refractivity contribution in [2.24, 2.45) is 0 Å². The van der Waals surface area contributed by atoms with Gasteiger partial charge in [0.15, 0.2) is 0 Å². The van der Waals surface area contributed by atoms with Gasteiger partial charge in [0.1, 0.15) is 0 Å². The van der Waals surface area contributed by atoms with Crippen molar-refractivity contribution in [2.75, 3.05) is 0 Å². The summed E-state index contributed by atoms with van der Waals surface area (Å²) in [6.07, 6.45) is 0.721. The summed E-state index contributed by atoms with van der Waals surface area (Å²) >= 11 is 9.40. The molecular formula is C10H8BrClN2O. The number of aromatic nitrogens is 2. The molecule has 0 atom stereocenters. The summed E-state index contributed by atoms with van der Waals surface area (Å²) in [5, 5.41) is 8.43. The molecule has 15 heavy (non-hydrogen) atoms. The number of halogens is 2. The number of hydrogen-bond donors (Lipinski definition) is 0. The molecule has 0 saturated heterocycles. The van der Waals surface area contributed by atoms with Crippen molar-refractivity contribution >= 4 is 27.5 Å². The Morgan fingerprint density at radius 1 is 1.40 bits per heavy atom. The van der Waals surface area contributed by atoms with Crippen molar-refractivity contribution in [3.05, 3.63) is 33.6 Å². The lowest BCUT2D eigenvalue weighted by molar-refractivity contribution is 0.513. The average Bonchev–Trinajstić information content (AvgIpc) is 2.70. The molecule has 2 aromatic rings. The fourth-order valence-electron chi connectivity index (χ4n) is 1.17. The Hall–Kier alpha value is -0.870. The third kappa shape index (κ3) is 2.21. The van der Waals surface area contributed by atoms with Gasteiger partial charge < -0.3 is 4.42 Å². The van der Waals surface area contributed by atoms with Gasteiger partial charge >= 0.3 is 0 Å². The molecule has 1 aromatic heterocycles. The summed E-state index contributed by atoms with van der Waals surface area (Å²) in [4.78, 5) is 0. The van der Waals surface area contributed by atoms with E-state index < -0.39 is 0 Å². The summed E-state index contributed by atoms with van der Waals surface area (Å²) < 4.78 is 6.36. The van der Waals surface area contributed by atoms with Crippen molar-refractivity contribution in [2.45, 2.75) is 13.3 Å². The van der Waals surface area contributed by atoms with E-state index in [1.165, 1.54) is 0 Å². The minimum absolute atomic E-state index is 0.457. The first-order valence-electron chi connectivity index (χ1n) is 4.48. The molecule has 1 aromatic carbocycles. The molecule has 1 heterocycles. The molecule has 0 amide bonds. The lowest BCUT2D eigenvalue weighted by Crippen LogP contribution is -1.80. The van der Waals surface area contributed by atoms with Crippen molar-refractivity contribution in [3.63, 3.8) is 0 Å². The van der Waals surface area contributed by atoms with E-state index in [9.17, 15) is 0 Å². The van der Waals surface area contributed by atoms with Crippen LogP contribution in [0.3, 0.4) is 0 Å². The smallest absolute Gasteiger partial charge is 0.249 e. The maximum absolute atomic E-state index is 6.03. The van der Waals surface area contributed by atoms with Crippen LogP contribution >= 0.6 is 27.5 Å². The van der Waals surface area contributed by atoms with Crippen LogP contribution < -0.4 is 0 Å². The van der Waals surface area contributed by atoms with Gasteiger partial charge in [0.25, 0.3) is 0 Å². The van der Waals surface area contributed by atoms with Crippen LogP contribution in [0.2, 0.25) is 5.02 Å². The summed E-state index contributed by atoms with van der Waals surface area (Å²) in [7, 11) is 0. The Bertz CT molecular complexity index is 484. The predicted octanol–water partition coefficient (Wildman–Crippen LogP) is 3.71. The highest BCUT2D eigenvalue weighted by atomic mass is 79.9. The highest BCUT2D eigenvalue weighted by molar-refractivity contribution is 9.10. The van der Waals surface area contributed by atoms with Gasteiger partial charge in [0, 0.05) is 10.9 Å². The minimum atomic E-state index is 0.457. The van der Waals surface area contributed by atoms with Gasteiger partial charge in [-0.3, -0.25) is 0 Å². The van der Waals surface area contributed by atoms with Crippen LogP contribution in [0.5, 0.6) is 0 Å². The fourth-order valence-corrected chi connectivity index (χ4v) is 1.73. The monoisotopic (exact) mass is 286 g/mol. The van der Waals surface area contributed by atoms with Crippen molar-refractivity contribution in [3.8, 4) is 11.5 Å². The Kier molecular flexibility index (Phi) is 3.07. The summed E-state index contributed by atoms with van der Waals surface area (Å²) in [6, 6.07) is 5.51. The Balaban J connectivity index is 2.48. The normalized spacial score (nSPS) is 10.6. The number of rotatable bonds is 2. The number of hydrogen-bond acceptors (Lipinski definition) is 3. The van der Waals surface area contributed by atoms with E-state index in [4.69, 9.17) is 16.0 Å². The predicted molar refractivity (Wildman–Crippen MR) is 61.8 cm³/mol. The molecule has 0 aliphatic heterocycles. The van der Waals surface area contributed by atoms with Crippen LogP contribution in [0.1, 0.15) is 12.8 Å². The van der Waals surface area contributed by atoms with Crippen LogP contribution in [0.25, 0.3) is 11.5 Å². The first-order chi connectivity index (χ1) is 7.20. The fraction of sp³-hybridized carbons (Fsp3) is 0.200. The van der Waals surface area contributed by atoms with E-state index in [2.05, 4.69) is 26.1 Å². The van der Waals surface area contributed by atoms with E-state index in [-0.39, 0.29) is 0 Å². The molecule has 0 radical (unpaired) electrons. The van der Waals surface area contributed by atoms with Crippen LogP contribution in [-0.2, 0) is 6.42 Å². The highest BCUT2D eigenvalue weighted by Crippen LogP contribution is 2.29. The second-order valence-electron chi connectivity index (χ2n) is 2.98. The highest BCUT2D eigenvalue weighted by Gasteiger charge is 2.11. The molecule has 2 rings (SSSR count). The second kappa shape index (κ2) is 4.33. The maximum Gasteiger partial charge on any atom is 0.249 e. The Morgan fingerprint density at radius 2 is 2.20 bits per heavy atom. The summed E-state index contributed by atoms with van der Waals surface area (Å²) in [5.74, 6) is 1.07. The van der Waals surface area contributed by atoms with Crippen LogP contribution in [0.4, 0.5) is 0 Å². The van der Waals surface area contributed by atoms with Gasteiger partial charge in [-0.05, 0) is 18.2 Å².